The molecule has 0 bridgehead atoms. The highest BCUT2D eigenvalue weighted by Gasteiger charge is 2.27. The van der Waals surface area contributed by atoms with E-state index in [1.807, 2.05) is 24.3 Å². The minimum absolute atomic E-state index is 0.388. The zero-order chi connectivity index (χ0) is 17.5. The van der Waals surface area contributed by atoms with Crippen molar-refractivity contribution < 1.29 is 14.4 Å². The number of ether oxygens (including phenoxy) is 2. The minimum Gasteiger partial charge on any atom is -0.497 e. The SMILES string of the molecule is COc1ccc(NC(=S)NC[C@H](c2cccs2)[NH+]2CCOCC2)cc1. The summed E-state index contributed by atoms with van der Waals surface area (Å²) in [5.41, 5.74) is 0.949. The largest absolute Gasteiger partial charge is 0.497 e. The number of hydrogen-bond acceptors (Lipinski definition) is 4. The molecule has 1 fully saturated rings. The van der Waals surface area contributed by atoms with Gasteiger partial charge in [0.25, 0.3) is 0 Å². The van der Waals surface area contributed by atoms with E-state index in [1.165, 1.54) is 4.88 Å². The predicted octanol–water partition coefficient (Wildman–Crippen LogP) is 1.70. The Labute approximate surface area is 157 Å². The lowest BCUT2D eigenvalue weighted by atomic mass is 10.2. The highest BCUT2D eigenvalue weighted by atomic mass is 32.1. The van der Waals surface area contributed by atoms with Crippen LogP contribution in [-0.2, 0) is 4.74 Å². The fourth-order valence-corrected chi connectivity index (χ4v) is 4.05. The highest BCUT2D eigenvalue weighted by Crippen LogP contribution is 2.17. The molecule has 1 aromatic heterocycles. The van der Waals surface area contributed by atoms with E-state index in [9.17, 15) is 0 Å². The summed E-state index contributed by atoms with van der Waals surface area (Å²) >= 11 is 7.27. The van der Waals surface area contributed by atoms with Crippen molar-refractivity contribution >= 4 is 34.4 Å². The van der Waals surface area contributed by atoms with Crippen molar-refractivity contribution in [3.8, 4) is 5.75 Å². The van der Waals surface area contributed by atoms with Crippen LogP contribution in [0.1, 0.15) is 10.9 Å². The van der Waals surface area contributed by atoms with Crippen molar-refractivity contribution in [1.29, 1.82) is 0 Å². The lowest BCUT2D eigenvalue weighted by Gasteiger charge is -2.31. The molecule has 0 aliphatic carbocycles. The normalized spacial score (nSPS) is 16.2. The van der Waals surface area contributed by atoms with Crippen molar-refractivity contribution in [3.05, 3.63) is 46.7 Å². The molecule has 0 radical (unpaired) electrons. The third-order valence-corrected chi connectivity index (χ3v) is 5.56. The summed E-state index contributed by atoms with van der Waals surface area (Å²) in [7, 11) is 1.66. The molecule has 3 rings (SSSR count). The monoisotopic (exact) mass is 378 g/mol. The third kappa shape index (κ3) is 5.15. The molecular weight excluding hydrogens is 354 g/mol. The van der Waals surface area contributed by atoms with Gasteiger partial charge in [-0.05, 0) is 47.9 Å². The van der Waals surface area contributed by atoms with Gasteiger partial charge in [-0.2, -0.15) is 0 Å². The number of benzene rings is 1. The van der Waals surface area contributed by atoms with E-state index in [2.05, 4.69) is 28.1 Å². The number of thiophene rings is 1. The van der Waals surface area contributed by atoms with Crippen LogP contribution in [0.4, 0.5) is 5.69 Å². The van der Waals surface area contributed by atoms with Gasteiger partial charge in [-0.25, -0.2) is 0 Å². The maximum atomic E-state index is 5.50. The van der Waals surface area contributed by atoms with Crippen LogP contribution in [0.25, 0.3) is 0 Å². The van der Waals surface area contributed by atoms with Gasteiger partial charge in [-0.1, -0.05) is 6.07 Å². The lowest BCUT2D eigenvalue weighted by molar-refractivity contribution is -0.937. The Morgan fingerprint density at radius 2 is 2.04 bits per heavy atom. The van der Waals surface area contributed by atoms with Crippen molar-refractivity contribution in [1.82, 2.24) is 5.32 Å². The van der Waals surface area contributed by atoms with Gasteiger partial charge in [-0.3, -0.25) is 0 Å². The summed E-state index contributed by atoms with van der Waals surface area (Å²) in [6.07, 6.45) is 0. The summed E-state index contributed by atoms with van der Waals surface area (Å²) in [5.74, 6) is 0.832. The number of rotatable bonds is 6. The first-order valence-electron chi connectivity index (χ1n) is 8.41. The number of morpholine rings is 1. The Hall–Kier alpha value is -1.67. The molecule has 0 unspecified atom stereocenters. The van der Waals surface area contributed by atoms with Gasteiger partial charge in [0.15, 0.2) is 5.11 Å². The smallest absolute Gasteiger partial charge is 0.171 e. The Kier molecular flexibility index (Phi) is 6.63. The van der Waals surface area contributed by atoms with Gasteiger partial charge in [0.05, 0.1) is 31.7 Å². The van der Waals surface area contributed by atoms with E-state index in [0.717, 1.165) is 44.3 Å². The summed E-state index contributed by atoms with van der Waals surface area (Å²) in [4.78, 5) is 2.94. The molecule has 1 aliphatic rings. The molecule has 134 valence electrons. The second-order valence-corrected chi connectivity index (χ2v) is 7.29. The van der Waals surface area contributed by atoms with Crippen molar-refractivity contribution in [3.63, 3.8) is 0 Å². The molecule has 5 nitrogen and oxygen atoms in total. The Bertz CT molecular complexity index is 655. The molecule has 7 heteroatoms. The Morgan fingerprint density at radius 1 is 1.28 bits per heavy atom. The van der Waals surface area contributed by atoms with Crippen LogP contribution in [-0.4, -0.2) is 45.1 Å². The topological polar surface area (TPSA) is 47.0 Å². The van der Waals surface area contributed by atoms with Crippen LogP contribution in [0.5, 0.6) is 5.75 Å². The average molecular weight is 379 g/mol. The molecule has 1 aliphatic heterocycles. The first-order chi connectivity index (χ1) is 12.3. The summed E-state index contributed by atoms with van der Waals surface area (Å²) < 4.78 is 10.7. The fourth-order valence-electron chi connectivity index (χ4n) is 2.96. The minimum atomic E-state index is 0.388. The average Bonchev–Trinajstić information content (AvgIpc) is 3.18. The summed E-state index contributed by atoms with van der Waals surface area (Å²) in [6.45, 7) is 4.52. The van der Waals surface area contributed by atoms with Gasteiger partial charge in [0.2, 0.25) is 0 Å². The van der Waals surface area contributed by atoms with E-state index >= 15 is 0 Å². The first kappa shape index (κ1) is 18.1. The maximum absolute atomic E-state index is 5.50. The Morgan fingerprint density at radius 3 is 2.68 bits per heavy atom. The second-order valence-electron chi connectivity index (χ2n) is 5.90. The zero-order valence-corrected chi connectivity index (χ0v) is 15.9. The Balaban J connectivity index is 1.57. The second kappa shape index (κ2) is 9.15. The van der Waals surface area contributed by atoms with E-state index < -0.39 is 0 Å². The van der Waals surface area contributed by atoms with Crippen LogP contribution in [0, 0.1) is 0 Å². The molecule has 1 saturated heterocycles. The summed E-state index contributed by atoms with van der Waals surface area (Å²) in [5, 5.41) is 9.38. The fraction of sp³-hybridized carbons (Fsp3) is 0.389. The van der Waals surface area contributed by atoms with Crippen LogP contribution in [0.2, 0.25) is 0 Å². The molecule has 0 saturated carbocycles. The third-order valence-electron chi connectivity index (χ3n) is 4.33. The molecule has 0 amide bonds. The van der Waals surface area contributed by atoms with Gasteiger partial charge in [-0.15, -0.1) is 11.3 Å². The van der Waals surface area contributed by atoms with E-state index in [0.29, 0.717) is 11.2 Å². The van der Waals surface area contributed by atoms with Gasteiger partial charge in [0, 0.05) is 5.69 Å². The van der Waals surface area contributed by atoms with Crippen LogP contribution < -0.4 is 20.3 Å². The van der Waals surface area contributed by atoms with E-state index in [1.54, 1.807) is 23.3 Å². The number of thiocarbonyl (C=S) groups is 1. The van der Waals surface area contributed by atoms with Crippen molar-refractivity contribution in [2.45, 2.75) is 6.04 Å². The number of anilines is 1. The van der Waals surface area contributed by atoms with Gasteiger partial charge in [0.1, 0.15) is 24.9 Å². The molecule has 1 aromatic carbocycles. The summed E-state index contributed by atoms with van der Waals surface area (Å²) in [6, 6.07) is 12.4. The van der Waals surface area contributed by atoms with E-state index in [-0.39, 0.29) is 0 Å². The van der Waals surface area contributed by atoms with Crippen molar-refractivity contribution in [2.75, 3.05) is 45.3 Å². The van der Waals surface area contributed by atoms with Crippen LogP contribution >= 0.6 is 23.6 Å². The van der Waals surface area contributed by atoms with Crippen LogP contribution in [0.15, 0.2) is 41.8 Å². The van der Waals surface area contributed by atoms with Gasteiger partial charge >= 0.3 is 0 Å². The lowest BCUT2D eigenvalue weighted by Crippen LogP contribution is -3.15. The first-order valence-corrected chi connectivity index (χ1v) is 9.69. The van der Waals surface area contributed by atoms with Crippen LogP contribution in [0.3, 0.4) is 0 Å². The van der Waals surface area contributed by atoms with Crippen molar-refractivity contribution in [2.24, 2.45) is 0 Å². The molecule has 2 aromatic rings. The number of nitrogens with one attached hydrogen (secondary N) is 3. The molecular formula is C18H24N3O2S2+. The molecule has 1 atom stereocenters. The maximum Gasteiger partial charge on any atom is 0.171 e. The number of methoxy groups -OCH3 is 1. The number of quaternary nitrogens is 1. The highest BCUT2D eigenvalue weighted by molar-refractivity contribution is 7.80. The quantitative estimate of drug-likeness (QED) is 0.668. The predicted molar refractivity (Wildman–Crippen MR) is 106 cm³/mol. The number of hydrogen-bond donors (Lipinski definition) is 3. The standard InChI is InChI=1S/C18H23N3O2S2/c1-22-15-6-4-14(5-7-15)20-18(24)19-13-16(17-3-2-12-25-17)21-8-10-23-11-9-21/h2-7,12,16H,8-11,13H2,1H3,(H2,19,20,24)/p+1/t16-/m1/s1. The van der Waals surface area contributed by atoms with Gasteiger partial charge < -0.3 is 25.0 Å². The molecule has 0 spiro atoms. The van der Waals surface area contributed by atoms with E-state index in [4.69, 9.17) is 21.7 Å². The zero-order valence-electron chi connectivity index (χ0n) is 14.3. The molecule has 3 N–H and O–H groups in total. The molecule has 25 heavy (non-hydrogen) atoms. The molecule has 2 heterocycles.